The molecule has 0 aromatic carbocycles. The van der Waals surface area contributed by atoms with Crippen molar-refractivity contribution in [2.45, 2.75) is 57.3 Å². The highest BCUT2D eigenvalue weighted by molar-refractivity contribution is 7.85. The van der Waals surface area contributed by atoms with Crippen molar-refractivity contribution in [3.05, 3.63) is 41.5 Å². The number of rotatable bonds is 1. The van der Waals surface area contributed by atoms with E-state index in [4.69, 9.17) is 0 Å². The van der Waals surface area contributed by atoms with Crippen LogP contribution in [0.25, 0.3) is 11.1 Å². The van der Waals surface area contributed by atoms with Crippen LogP contribution in [0.1, 0.15) is 52.7 Å². The molecule has 0 amide bonds. The molecule has 0 radical (unpaired) electrons. The maximum Gasteiger partial charge on any atom is 0.294 e. The summed E-state index contributed by atoms with van der Waals surface area (Å²) in [6.45, 7) is 12.7. The zero-order chi connectivity index (χ0) is 16.9. The van der Waals surface area contributed by atoms with Crippen molar-refractivity contribution in [3.63, 3.8) is 0 Å². The van der Waals surface area contributed by atoms with Gasteiger partial charge in [0.2, 0.25) is 0 Å². The smallest absolute Gasteiger partial charge is 0.282 e. The van der Waals surface area contributed by atoms with Crippen LogP contribution in [0.5, 0.6) is 0 Å². The minimum absolute atomic E-state index is 0.0473. The van der Waals surface area contributed by atoms with Gasteiger partial charge in [0.15, 0.2) is 0 Å². The molecule has 0 fully saturated rings. The van der Waals surface area contributed by atoms with Crippen LogP contribution in [0.2, 0.25) is 0 Å². The number of hydrogen-bond donors (Lipinski definition) is 1. The Balaban J connectivity index is 2.89. The van der Waals surface area contributed by atoms with Gasteiger partial charge in [-0.3, -0.25) is 4.55 Å². The lowest BCUT2D eigenvalue weighted by Gasteiger charge is -2.19. The minimum atomic E-state index is -4.23. The fourth-order valence-electron chi connectivity index (χ4n) is 2.76. The molecule has 0 aromatic heterocycles. The maximum absolute atomic E-state index is 11.5. The first-order chi connectivity index (χ1) is 9.82. The summed E-state index contributed by atoms with van der Waals surface area (Å²) in [5.74, 6) is 0. The number of fused-ring (bicyclic) bond motifs is 1. The third kappa shape index (κ3) is 3.18. The molecule has 0 spiro atoms. The molecule has 22 heavy (non-hydrogen) atoms. The van der Waals surface area contributed by atoms with E-state index in [1.54, 1.807) is 12.1 Å². The quantitative estimate of drug-likeness (QED) is 0.779. The lowest BCUT2D eigenvalue weighted by atomic mass is 9.85. The predicted octanol–water partition coefficient (Wildman–Crippen LogP) is 4.63. The van der Waals surface area contributed by atoms with E-state index in [9.17, 15) is 13.0 Å². The molecule has 2 aliphatic carbocycles. The molecule has 0 saturated carbocycles. The molecule has 0 unspecified atom stereocenters. The van der Waals surface area contributed by atoms with Crippen molar-refractivity contribution in [1.29, 1.82) is 0 Å². The third-order valence-electron chi connectivity index (χ3n) is 3.88. The Kier molecular flexibility index (Phi) is 3.91. The summed E-state index contributed by atoms with van der Waals surface area (Å²) in [5, 5.41) is 0. The van der Waals surface area contributed by atoms with Crippen molar-refractivity contribution in [1.82, 2.24) is 0 Å². The summed E-state index contributed by atoms with van der Waals surface area (Å²) in [5.41, 5.74) is 4.03. The molecule has 0 aliphatic heterocycles. The second kappa shape index (κ2) is 5.07. The summed E-state index contributed by atoms with van der Waals surface area (Å²) < 4.78 is 32.5. The Hall–Kier alpha value is -1.39. The third-order valence-corrected chi connectivity index (χ3v) is 4.73. The summed E-state index contributed by atoms with van der Waals surface area (Å²) in [7, 11) is -4.23. The number of hydrogen-bond acceptors (Lipinski definition) is 2. The van der Waals surface area contributed by atoms with Crippen molar-refractivity contribution >= 4 is 10.1 Å². The monoisotopic (exact) mass is 320 g/mol. The highest BCUT2D eigenvalue weighted by Gasteiger charge is 2.29. The van der Waals surface area contributed by atoms with E-state index in [-0.39, 0.29) is 15.7 Å². The van der Waals surface area contributed by atoms with Crippen LogP contribution in [-0.4, -0.2) is 13.0 Å². The van der Waals surface area contributed by atoms with E-state index < -0.39 is 10.1 Å². The summed E-state index contributed by atoms with van der Waals surface area (Å²) >= 11 is 0. The van der Waals surface area contributed by atoms with E-state index in [1.807, 2.05) is 6.07 Å². The van der Waals surface area contributed by atoms with Gasteiger partial charge in [0, 0.05) is 0 Å². The normalized spacial score (nSPS) is 13.6. The minimum Gasteiger partial charge on any atom is -0.282 e. The Morgan fingerprint density at radius 3 is 1.77 bits per heavy atom. The molecule has 0 heterocycles. The Labute approximate surface area is 133 Å². The molecule has 2 aliphatic rings. The average molecular weight is 320 g/mol. The van der Waals surface area contributed by atoms with Crippen LogP contribution in [0.15, 0.2) is 35.2 Å². The molecular weight excluding hydrogens is 296 g/mol. The van der Waals surface area contributed by atoms with Gasteiger partial charge in [-0.25, -0.2) is 0 Å². The van der Waals surface area contributed by atoms with Crippen LogP contribution in [-0.2, 0) is 20.9 Å². The fraction of sp³-hybridized carbons (Fsp3) is 0.444. The fourth-order valence-corrected chi connectivity index (χ4v) is 3.27. The summed E-state index contributed by atoms with van der Waals surface area (Å²) in [6, 6.07) is 8.81. The van der Waals surface area contributed by atoms with Crippen LogP contribution in [0.3, 0.4) is 0 Å². The molecule has 120 valence electrons. The van der Waals surface area contributed by atoms with Crippen molar-refractivity contribution in [3.8, 4) is 11.1 Å². The van der Waals surface area contributed by atoms with E-state index in [1.165, 1.54) is 11.6 Å². The van der Waals surface area contributed by atoms with Gasteiger partial charge in [-0.1, -0.05) is 59.7 Å². The molecule has 0 bridgehead atoms. The molecule has 4 heteroatoms. The highest BCUT2D eigenvalue weighted by Crippen LogP contribution is 2.43. The van der Waals surface area contributed by atoms with Gasteiger partial charge in [0.25, 0.3) is 10.1 Å². The van der Waals surface area contributed by atoms with E-state index in [0.29, 0.717) is 0 Å². The molecule has 0 saturated heterocycles. The zero-order valence-corrected chi connectivity index (χ0v) is 14.9. The Morgan fingerprint density at radius 1 is 0.818 bits per heavy atom. The SMILES string of the molecule is CC(C)(C)c1cc(C(C)(C)C)c2cc(S(=O)(=O)O)cccc1-2. The largest absolute Gasteiger partial charge is 0.294 e. The lowest BCUT2D eigenvalue weighted by molar-refractivity contribution is 0.483. The van der Waals surface area contributed by atoms with Gasteiger partial charge in [0.05, 0.1) is 4.90 Å². The van der Waals surface area contributed by atoms with Crippen LogP contribution in [0, 0.1) is 0 Å². The van der Waals surface area contributed by atoms with Crippen molar-refractivity contribution in [2.75, 3.05) is 0 Å². The van der Waals surface area contributed by atoms with Gasteiger partial charge >= 0.3 is 0 Å². The first-order valence-corrected chi connectivity index (χ1v) is 8.81. The predicted molar refractivity (Wildman–Crippen MR) is 90.3 cm³/mol. The van der Waals surface area contributed by atoms with Crippen LogP contribution in [0.4, 0.5) is 0 Å². The topological polar surface area (TPSA) is 54.4 Å². The van der Waals surface area contributed by atoms with Gasteiger partial charge < -0.3 is 0 Å². The van der Waals surface area contributed by atoms with E-state index >= 15 is 0 Å². The van der Waals surface area contributed by atoms with Crippen molar-refractivity contribution in [2.24, 2.45) is 0 Å². The maximum atomic E-state index is 11.5. The molecule has 2 rings (SSSR count). The molecule has 3 nitrogen and oxygen atoms in total. The second-order valence-electron chi connectivity index (χ2n) is 7.85. The Morgan fingerprint density at radius 2 is 1.32 bits per heavy atom. The first-order valence-electron chi connectivity index (χ1n) is 7.37. The Bertz CT molecular complexity index is 775. The van der Waals surface area contributed by atoms with Crippen molar-refractivity contribution < 1.29 is 13.0 Å². The first kappa shape index (κ1) is 17.0. The van der Waals surface area contributed by atoms with E-state index in [0.717, 1.165) is 16.7 Å². The van der Waals surface area contributed by atoms with Gasteiger partial charge in [0.1, 0.15) is 0 Å². The second-order valence-corrected chi connectivity index (χ2v) is 9.27. The highest BCUT2D eigenvalue weighted by atomic mass is 32.2. The van der Waals surface area contributed by atoms with E-state index in [2.05, 4.69) is 47.6 Å². The molecule has 0 atom stereocenters. The summed E-state index contributed by atoms with van der Waals surface area (Å²) in [6.07, 6.45) is 0. The molecule has 0 aromatic rings. The van der Waals surface area contributed by atoms with Gasteiger partial charge in [-0.2, -0.15) is 8.42 Å². The lowest BCUT2D eigenvalue weighted by Crippen LogP contribution is -2.12. The average Bonchev–Trinajstić information content (AvgIpc) is 2.52. The van der Waals surface area contributed by atoms with Crippen LogP contribution < -0.4 is 0 Å². The summed E-state index contributed by atoms with van der Waals surface area (Å²) in [4.78, 5) is -0.0703. The molecule has 1 N–H and O–H groups in total. The van der Waals surface area contributed by atoms with Crippen LogP contribution >= 0.6 is 0 Å². The standard InChI is InChI=1S/C18H24O3S/c1-17(2,3)15-11-16(18(4,5)6)14-10-12(22(19,20)21)8-7-9-13(14)15/h7-11H,1-6H3,(H,19,20,21). The van der Waals surface area contributed by atoms with Gasteiger partial charge in [-0.15, -0.1) is 0 Å². The zero-order valence-electron chi connectivity index (χ0n) is 14.1. The molecular formula is C18H24O3S. The van der Waals surface area contributed by atoms with Gasteiger partial charge in [-0.05, 0) is 45.2 Å².